The van der Waals surface area contributed by atoms with Gasteiger partial charge in [-0.05, 0) is 38.0 Å². The van der Waals surface area contributed by atoms with E-state index < -0.39 is 0 Å². The van der Waals surface area contributed by atoms with Crippen LogP contribution in [0.3, 0.4) is 0 Å². The summed E-state index contributed by atoms with van der Waals surface area (Å²) in [5.74, 6) is 2.57. The fourth-order valence-electron chi connectivity index (χ4n) is 3.33. The fraction of sp³-hybridized carbons (Fsp3) is 0.316. The van der Waals surface area contributed by atoms with E-state index in [0.29, 0.717) is 12.1 Å². The number of piperidine rings is 1. The minimum Gasteiger partial charge on any atom is -0.464 e. The van der Waals surface area contributed by atoms with Crippen LogP contribution in [0.2, 0.25) is 0 Å². The smallest absolute Gasteiger partial charge is 0.254 e. The highest BCUT2D eigenvalue weighted by atomic mass is 16.5. The molecule has 6 nitrogen and oxygen atoms in total. The lowest BCUT2D eigenvalue weighted by atomic mass is 9.96. The van der Waals surface area contributed by atoms with Gasteiger partial charge in [0.15, 0.2) is 5.82 Å². The van der Waals surface area contributed by atoms with Crippen molar-refractivity contribution in [1.82, 2.24) is 20.1 Å². The van der Waals surface area contributed by atoms with Crippen LogP contribution in [0.25, 0.3) is 6.08 Å². The van der Waals surface area contributed by atoms with Crippen LogP contribution >= 0.6 is 0 Å². The van der Waals surface area contributed by atoms with Crippen LogP contribution in [0.1, 0.15) is 36.0 Å². The van der Waals surface area contributed by atoms with E-state index in [9.17, 15) is 4.79 Å². The maximum absolute atomic E-state index is 13.0. The highest BCUT2D eigenvalue weighted by Gasteiger charge is 2.28. The van der Waals surface area contributed by atoms with Gasteiger partial charge in [0.1, 0.15) is 11.6 Å². The molecule has 1 saturated heterocycles. The summed E-state index contributed by atoms with van der Waals surface area (Å²) < 4.78 is 5.58. The van der Waals surface area contributed by atoms with E-state index in [4.69, 9.17) is 4.74 Å². The molecule has 1 amide bonds. The zero-order valence-corrected chi connectivity index (χ0v) is 14.1. The standard InChI is InChI=1S/C19H20N4O2/c1-13-20-18(22-21-13)16-6-4-9-23(12-16)19(24)15-8-10-25-17-7-3-2-5-14(17)11-15/h2-3,5,7-8,10-11,16H,4,6,9,12H2,1H3,(H,20,21,22)/t16-/m0/s1. The first-order valence-electron chi connectivity index (χ1n) is 8.53. The number of amides is 1. The predicted octanol–water partition coefficient (Wildman–Crippen LogP) is 2.81. The van der Waals surface area contributed by atoms with Gasteiger partial charge in [-0.25, -0.2) is 4.98 Å². The number of likely N-dealkylation sites (tertiary alicyclic amines) is 1. The molecule has 1 aromatic carbocycles. The zero-order chi connectivity index (χ0) is 17.2. The Bertz CT molecular complexity index is 853. The molecule has 0 spiro atoms. The van der Waals surface area contributed by atoms with Gasteiger partial charge in [-0.1, -0.05) is 18.2 Å². The highest BCUT2D eigenvalue weighted by Crippen LogP contribution is 2.28. The average Bonchev–Trinajstić information content (AvgIpc) is 2.96. The number of para-hydroxylation sites is 1. The van der Waals surface area contributed by atoms with E-state index >= 15 is 0 Å². The van der Waals surface area contributed by atoms with Crippen LogP contribution in [0.4, 0.5) is 0 Å². The molecule has 0 aliphatic carbocycles. The fourth-order valence-corrected chi connectivity index (χ4v) is 3.33. The molecule has 1 N–H and O–H groups in total. The highest BCUT2D eigenvalue weighted by molar-refractivity contribution is 6.01. The number of carbonyl (C=O) groups excluding carboxylic acids is 1. The first-order chi connectivity index (χ1) is 12.2. The third-order valence-electron chi connectivity index (χ3n) is 4.61. The number of benzene rings is 1. The first-order valence-corrected chi connectivity index (χ1v) is 8.53. The van der Waals surface area contributed by atoms with Crippen LogP contribution in [0.15, 0.2) is 42.2 Å². The molecule has 2 aliphatic rings. The largest absolute Gasteiger partial charge is 0.464 e. The molecule has 0 bridgehead atoms. The van der Waals surface area contributed by atoms with Crippen molar-refractivity contribution in [2.45, 2.75) is 25.7 Å². The zero-order valence-electron chi connectivity index (χ0n) is 14.1. The summed E-state index contributed by atoms with van der Waals surface area (Å²) in [5, 5.41) is 7.16. The van der Waals surface area contributed by atoms with Crippen molar-refractivity contribution >= 4 is 12.0 Å². The Morgan fingerprint density at radius 3 is 3.08 bits per heavy atom. The molecular formula is C19H20N4O2. The second-order valence-corrected chi connectivity index (χ2v) is 6.43. The Hall–Kier alpha value is -2.89. The van der Waals surface area contributed by atoms with Crippen molar-refractivity contribution in [3.8, 4) is 5.75 Å². The molecule has 0 saturated carbocycles. The molecule has 1 aromatic heterocycles. The first kappa shape index (κ1) is 15.6. The summed E-state index contributed by atoms with van der Waals surface area (Å²) >= 11 is 0. The van der Waals surface area contributed by atoms with Gasteiger partial charge in [-0.3, -0.25) is 9.89 Å². The molecule has 25 heavy (non-hydrogen) atoms. The molecule has 6 heteroatoms. The molecule has 0 radical (unpaired) electrons. The number of ether oxygens (including phenoxy) is 1. The van der Waals surface area contributed by atoms with E-state index in [1.165, 1.54) is 0 Å². The summed E-state index contributed by atoms with van der Waals surface area (Å²) in [7, 11) is 0. The van der Waals surface area contributed by atoms with Crippen molar-refractivity contribution in [1.29, 1.82) is 0 Å². The summed E-state index contributed by atoms with van der Waals surface area (Å²) in [6.07, 6.45) is 7.16. The molecule has 128 valence electrons. The van der Waals surface area contributed by atoms with Gasteiger partial charge in [0.25, 0.3) is 5.91 Å². The van der Waals surface area contributed by atoms with Gasteiger partial charge in [-0.15, -0.1) is 0 Å². The Balaban J connectivity index is 1.55. The number of hydrogen-bond donors (Lipinski definition) is 1. The number of carbonyl (C=O) groups is 1. The van der Waals surface area contributed by atoms with Crippen LogP contribution in [-0.2, 0) is 4.79 Å². The molecule has 1 atom stereocenters. The van der Waals surface area contributed by atoms with E-state index in [1.54, 1.807) is 12.3 Å². The van der Waals surface area contributed by atoms with E-state index in [0.717, 1.165) is 42.3 Å². The Morgan fingerprint density at radius 1 is 1.36 bits per heavy atom. The maximum atomic E-state index is 13.0. The van der Waals surface area contributed by atoms with Crippen LogP contribution in [-0.4, -0.2) is 39.1 Å². The number of nitrogens with one attached hydrogen (secondary N) is 1. The Kier molecular flexibility index (Phi) is 4.09. The summed E-state index contributed by atoms with van der Waals surface area (Å²) in [4.78, 5) is 19.3. The second kappa shape index (κ2) is 6.55. The molecule has 0 unspecified atom stereocenters. The molecule has 1 fully saturated rings. The van der Waals surface area contributed by atoms with Crippen molar-refractivity contribution in [3.05, 3.63) is 59.4 Å². The number of fused-ring (bicyclic) bond motifs is 1. The van der Waals surface area contributed by atoms with Crippen LogP contribution < -0.4 is 4.74 Å². The Labute approximate surface area is 146 Å². The SMILES string of the molecule is Cc1nc([C@H]2CCCN(C(=O)C3=Cc4ccccc4OC=C3)C2)n[nH]1. The number of aromatic amines is 1. The van der Waals surface area contributed by atoms with E-state index in [2.05, 4.69) is 15.2 Å². The molecule has 2 aliphatic heterocycles. The van der Waals surface area contributed by atoms with Gasteiger partial charge in [0, 0.05) is 30.1 Å². The number of H-pyrrole nitrogens is 1. The number of aryl methyl sites for hydroxylation is 1. The molecule has 3 heterocycles. The van der Waals surface area contributed by atoms with Crippen LogP contribution in [0, 0.1) is 6.92 Å². The lowest BCUT2D eigenvalue weighted by Crippen LogP contribution is -2.39. The number of hydrogen-bond acceptors (Lipinski definition) is 4. The third-order valence-corrected chi connectivity index (χ3v) is 4.61. The number of rotatable bonds is 2. The summed E-state index contributed by atoms with van der Waals surface area (Å²) in [6.45, 7) is 3.29. The van der Waals surface area contributed by atoms with Crippen molar-refractivity contribution in [2.24, 2.45) is 0 Å². The van der Waals surface area contributed by atoms with Gasteiger partial charge >= 0.3 is 0 Å². The average molecular weight is 336 g/mol. The summed E-state index contributed by atoms with van der Waals surface area (Å²) in [6, 6.07) is 7.70. The van der Waals surface area contributed by atoms with E-state index in [-0.39, 0.29) is 11.8 Å². The summed E-state index contributed by atoms with van der Waals surface area (Å²) in [5.41, 5.74) is 1.55. The monoisotopic (exact) mass is 336 g/mol. The normalized spacial score (nSPS) is 19.6. The molecular weight excluding hydrogens is 316 g/mol. The number of nitrogens with zero attached hydrogens (tertiary/aromatic N) is 3. The molecule has 4 rings (SSSR count). The maximum Gasteiger partial charge on any atom is 0.254 e. The van der Waals surface area contributed by atoms with Gasteiger partial charge in [0.2, 0.25) is 0 Å². The Morgan fingerprint density at radius 2 is 2.24 bits per heavy atom. The quantitative estimate of drug-likeness (QED) is 0.915. The van der Waals surface area contributed by atoms with E-state index in [1.807, 2.05) is 42.2 Å². The van der Waals surface area contributed by atoms with Gasteiger partial charge in [0.05, 0.1) is 6.26 Å². The van der Waals surface area contributed by atoms with Gasteiger partial charge in [-0.2, -0.15) is 5.10 Å². The minimum absolute atomic E-state index is 0.0218. The van der Waals surface area contributed by atoms with Crippen molar-refractivity contribution in [3.63, 3.8) is 0 Å². The minimum atomic E-state index is 0.0218. The predicted molar refractivity (Wildman–Crippen MR) is 93.9 cm³/mol. The van der Waals surface area contributed by atoms with Crippen molar-refractivity contribution < 1.29 is 9.53 Å². The van der Waals surface area contributed by atoms with Gasteiger partial charge < -0.3 is 9.64 Å². The lowest BCUT2D eigenvalue weighted by Gasteiger charge is -2.31. The second-order valence-electron chi connectivity index (χ2n) is 6.43. The van der Waals surface area contributed by atoms with Crippen LogP contribution in [0.5, 0.6) is 5.75 Å². The topological polar surface area (TPSA) is 71.1 Å². The lowest BCUT2D eigenvalue weighted by molar-refractivity contribution is -0.127. The molecule has 2 aromatic rings. The third kappa shape index (κ3) is 3.20. The van der Waals surface area contributed by atoms with Crippen molar-refractivity contribution in [2.75, 3.05) is 13.1 Å². The number of aromatic nitrogens is 3.